The maximum absolute atomic E-state index is 10.6. The molecule has 4 rings (SSSR count). The number of aromatic nitrogens is 4. The number of allylic oxidation sites excluding steroid dienone is 1. The molecule has 0 radical (unpaired) electrons. The van der Waals surface area contributed by atoms with Crippen LogP contribution in [0.2, 0.25) is 5.02 Å². The number of imidazole rings is 1. The molecule has 1 unspecified atom stereocenters. The SMILES string of the molecule is Nc1ncc2nc(-c3ccccc3Cl)n(C3CCN(C=CC=O)C3)c2n1. The van der Waals surface area contributed by atoms with E-state index in [4.69, 9.17) is 22.3 Å². The molecule has 7 nitrogen and oxygen atoms in total. The van der Waals surface area contributed by atoms with Gasteiger partial charge in [-0.15, -0.1) is 0 Å². The molecule has 132 valence electrons. The normalized spacial score (nSPS) is 17.4. The number of likely N-dealkylation sites (tertiary alicyclic amines) is 1. The summed E-state index contributed by atoms with van der Waals surface area (Å²) in [6, 6.07) is 7.73. The highest BCUT2D eigenvalue weighted by Gasteiger charge is 2.28. The third-order valence-corrected chi connectivity index (χ3v) is 4.83. The molecular formula is C18H17ClN6O. The maximum atomic E-state index is 10.6. The van der Waals surface area contributed by atoms with E-state index in [1.54, 1.807) is 6.20 Å². The zero-order valence-corrected chi connectivity index (χ0v) is 14.7. The van der Waals surface area contributed by atoms with Gasteiger partial charge in [0, 0.05) is 24.9 Å². The van der Waals surface area contributed by atoms with E-state index >= 15 is 0 Å². The van der Waals surface area contributed by atoms with Gasteiger partial charge in [0.2, 0.25) is 5.95 Å². The molecule has 1 aliphatic heterocycles. The highest BCUT2D eigenvalue weighted by Crippen LogP contribution is 2.35. The summed E-state index contributed by atoms with van der Waals surface area (Å²) in [6.45, 7) is 1.59. The van der Waals surface area contributed by atoms with Crippen LogP contribution < -0.4 is 5.73 Å². The van der Waals surface area contributed by atoms with Crippen molar-refractivity contribution in [1.29, 1.82) is 0 Å². The van der Waals surface area contributed by atoms with Gasteiger partial charge in [-0.2, -0.15) is 4.98 Å². The largest absolute Gasteiger partial charge is 0.375 e. The summed E-state index contributed by atoms with van der Waals surface area (Å²) in [5.74, 6) is 0.955. The number of fused-ring (bicyclic) bond motifs is 1. The van der Waals surface area contributed by atoms with Gasteiger partial charge in [0.05, 0.1) is 17.3 Å². The van der Waals surface area contributed by atoms with Crippen molar-refractivity contribution in [2.75, 3.05) is 18.8 Å². The van der Waals surface area contributed by atoms with E-state index in [2.05, 4.69) is 19.4 Å². The van der Waals surface area contributed by atoms with Gasteiger partial charge < -0.3 is 15.2 Å². The Labute approximate surface area is 155 Å². The number of halogens is 1. The lowest BCUT2D eigenvalue weighted by atomic mass is 10.2. The third kappa shape index (κ3) is 2.90. The van der Waals surface area contributed by atoms with E-state index in [1.807, 2.05) is 30.5 Å². The standard InChI is InChI=1S/C18H17ClN6O/c19-14-5-2-1-4-13(14)16-22-15-10-21-18(20)23-17(15)25(16)12-6-8-24(11-12)7-3-9-26/h1-5,7,9-10,12H,6,8,11H2,(H2,20,21,23). The minimum Gasteiger partial charge on any atom is -0.375 e. The van der Waals surface area contributed by atoms with Gasteiger partial charge in [-0.05, 0) is 24.6 Å². The van der Waals surface area contributed by atoms with Crippen LogP contribution in [0.5, 0.6) is 0 Å². The van der Waals surface area contributed by atoms with Gasteiger partial charge in [-0.1, -0.05) is 23.7 Å². The van der Waals surface area contributed by atoms with Crippen LogP contribution >= 0.6 is 11.6 Å². The Morgan fingerprint density at radius 3 is 2.92 bits per heavy atom. The van der Waals surface area contributed by atoms with Crippen LogP contribution in [0.25, 0.3) is 22.6 Å². The zero-order chi connectivity index (χ0) is 18.1. The van der Waals surface area contributed by atoms with Crippen molar-refractivity contribution < 1.29 is 4.79 Å². The van der Waals surface area contributed by atoms with Crippen LogP contribution in [0.1, 0.15) is 12.5 Å². The first-order chi connectivity index (χ1) is 12.7. The Morgan fingerprint density at radius 1 is 1.27 bits per heavy atom. The summed E-state index contributed by atoms with van der Waals surface area (Å²) in [5, 5.41) is 0.626. The summed E-state index contributed by atoms with van der Waals surface area (Å²) < 4.78 is 2.09. The number of carbonyl (C=O) groups excluding carboxylic acids is 1. The molecule has 0 saturated carbocycles. The van der Waals surface area contributed by atoms with E-state index in [0.29, 0.717) is 16.2 Å². The second-order valence-corrected chi connectivity index (χ2v) is 6.54. The van der Waals surface area contributed by atoms with E-state index in [0.717, 1.165) is 37.2 Å². The molecule has 26 heavy (non-hydrogen) atoms. The quantitative estimate of drug-likeness (QED) is 0.562. The smallest absolute Gasteiger partial charge is 0.222 e. The van der Waals surface area contributed by atoms with Gasteiger partial charge in [-0.25, -0.2) is 9.97 Å². The van der Waals surface area contributed by atoms with Gasteiger partial charge >= 0.3 is 0 Å². The molecule has 2 aromatic heterocycles. The second kappa shape index (κ2) is 6.76. The number of rotatable bonds is 4. The van der Waals surface area contributed by atoms with Gasteiger partial charge in [-0.3, -0.25) is 4.79 Å². The minimum atomic E-state index is 0.136. The van der Waals surface area contributed by atoms with Crippen molar-refractivity contribution in [3.63, 3.8) is 0 Å². The Balaban J connectivity index is 1.85. The second-order valence-electron chi connectivity index (χ2n) is 6.14. The molecule has 0 bridgehead atoms. The molecule has 3 heterocycles. The lowest BCUT2D eigenvalue weighted by molar-refractivity contribution is -0.104. The first-order valence-electron chi connectivity index (χ1n) is 8.28. The predicted octanol–water partition coefficient (Wildman–Crippen LogP) is 2.69. The number of hydrogen-bond donors (Lipinski definition) is 1. The van der Waals surface area contributed by atoms with Crippen LogP contribution in [0.4, 0.5) is 5.95 Å². The van der Waals surface area contributed by atoms with Crippen molar-refractivity contribution in [2.24, 2.45) is 0 Å². The monoisotopic (exact) mass is 368 g/mol. The van der Waals surface area contributed by atoms with Crippen molar-refractivity contribution in [3.05, 3.63) is 47.8 Å². The molecule has 0 amide bonds. The molecule has 8 heteroatoms. The average Bonchev–Trinajstić information content (AvgIpc) is 3.24. The molecule has 1 aliphatic rings. The molecule has 2 N–H and O–H groups in total. The van der Waals surface area contributed by atoms with Crippen molar-refractivity contribution in [1.82, 2.24) is 24.4 Å². The van der Waals surface area contributed by atoms with Gasteiger partial charge in [0.25, 0.3) is 0 Å². The number of hydrogen-bond acceptors (Lipinski definition) is 6. The van der Waals surface area contributed by atoms with Crippen molar-refractivity contribution >= 4 is 35.0 Å². The summed E-state index contributed by atoms with van der Waals surface area (Å²) in [6.07, 6.45) is 6.63. The van der Waals surface area contributed by atoms with E-state index in [9.17, 15) is 4.79 Å². The molecule has 1 fully saturated rings. The molecule has 1 saturated heterocycles. The molecule has 1 aromatic carbocycles. The maximum Gasteiger partial charge on any atom is 0.222 e. The Kier molecular flexibility index (Phi) is 4.30. The number of anilines is 1. The number of nitrogens with zero attached hydrogens (tertiary/aromatic N) is 5. The van der Waals surface area contributed by atoms with E-state index < -0.39 is 0 Å². The highest BCUT2D eigenvalue weighted by molar-refractivity contribution is 6.33. The van der Waals surface area contributed by atoms with Crippen LogP contribution in [-0.2, 0) is 4.79 Å². The molecule has 1 atom stereocenters. The lowest BCUT2D eigenvalue weighted by Crippen LogP contribution is -2.17. The fourth-order valence-corrected chi connectivity index (χ4v) is 3.57. The van der Waals surface area contributed by atoms with Crippen LogP contribution in [-0.4, -0.2) is 43.8 Å². The number of benzene rings is 1. The van der Waals surface area contributed by atoms with Crippen molar-refractivity contribution in [3.8, 4) is 11.4 Å². The molecule has 0 aliphatic carbocycles. The minimum absolute atomic E-state index is 0.136. The van der Waals surface area contributed by atoms with Crippen LogP contribution in [0.3, 0.4) is 0 Å². The zero-order valence-electron chi connectivity index (χ0n) is 13.9. The van der Waals surface area contributed by atoms with E-state index in [-0.39, 0.29) is 12.0 Å². The predicted molar refractivity (Wildman–Crippen MR) is 101 cm³/mol. The lowest BCUT2D eigenvalue weighted by Gasteiger charge is -2.17. The Hall–Kier alpha value is -2.93. The fraction of sp³-hybridized carbons (Fsp3) is 0.222. The summed E-state index contributed by atoms with van der Waals surface area (Å²) in [5.41, 5.74) is 8.02. The van der Waals surface area contributed by atoms with Gasteiger partial charge in [0.1, 0.15) is 17.6 Å². The number of nitrogen functional groups attached to an aromatic ring is 1. The topological polar surface area (TPSA) is 89.9 Å². The molecule has 0 spiro atoms. The molecule has 3 aromatic rings. The van der Waals surface area contributed by atoms with E-state index in [1.165, 1.54) is 6.08 Å². The third-order valence-electron chi connectivity index (χ3n) is 4.50. The number of aldehydes is 1. The molecular weight excluding hydrogens is 352 g/mol. The summed E-state index contributed by atoms with van der Waals surface area (Å²) in [4.78, 5) is 25.9. The van der Waals surface area contributed by atoms with Crippen LogP contribution in [0, 0.1) is 0 Å². The number of nitrogens with two attached hydrogens (primary N) is 1. The van der Waals surface area contributed by atoms with Crippen molar-refractivity contribution in [2.45, 2.75) is 12.5 Å². The number of carbonyl (C=O) groups is 1. The summed E-state index contributed by atoms with van der Waals surface area (Å²) in [7, 11) is 0. The van der Waals surface area contributed by atoms with Crippen LogP contribution in [0.15, 0.2) is 42.7 Å². The fourth-order valence-electron chi connectivity index (χ4n) is 3.35. The van der Waals surface area contributed by atoms with Gasteiger partial charge in [0.15, 0.2) is 5.65 Å². The Bertz CT molecular complexity index is 999. The highest BCUT2D eigenvalue weighted by atomic mass is 35.5. The first-order valence-corrected chi connectivity index (χ1v) is 8.66. The average molecular weight is 369 g/mol. The Morgan fingerprint density at radius 2 is 2.12 bits per heavy atom. The first kappa shape index (κ1) is 16.5. The summed E-state index contributed by atoms with van der Waals surface area (Å²) >= 11 is 6.42.